The van der Waals surface area contributed by atoms with Gasteiger partial charge in [-0.05, 0) is 54.8 Å². The quantitative estimate of drug-likeness (QED) is 0.614. The van der Waals surface area contributed by atoms with Gasteiger partial charge in [-0.3, -0.25) is 0 Å². The molecule has 5 atom stereocenters. The van der Waals surface area contributed by atoms with Crippen molar-refractivity contribution >= 4 is 0 Å². The molecule has 2 fully saturated rings. The molecule has 2 aliphatic carbocycles. The Labute approximate surface area is 83.1 Å². The molecule has 0 bridgehead atoms. The Morgan fingerprint density at radius 1 is 1.08 bits per heavy atom. The molecule has 0 aromatic rings. The van der Waals surface area contributed by atoms with Crippen LogP contribution in [0.5, 0.6) is 0 Å². The summed E-state index contributed by atoms with van der Waals surface area (Å²) in [5.74, 6) is 6.27. The van der Waals surface area contributed by atoms with E-state index in [2.05, 4.69) is 27.7 Å². The van der Waals surface area contributed by atoms with E-state index in [9.17, 15) is 0 Å². The summed E-state index contributed by atoms with van der Waals surface area (Å²) < 4.78 is 0. The smallest absolute Gasteiger partial charge is 0.0360 e. The lowest BCUT2D eigenvalue weighted by Crippen LogP contribution is -2.02. The molecule has 2 aliphatic rings. The van der Waals surface area contributed by atoms with Crippen LogP contribution < -0.4 is 0 Å². The highest BCUT2D eigenvalue weighted by Crippen LogP contribution is 2.52. The fraction of sp³-hybridized carbons (Fsp3) is 1.00. The van der Waals surface area contributed by atoms with Gasteiger partial charge in [0.1, 0.15) is 0 Å². The minimum atomic E-state index is 0.939. The molecule has 0 spiro atoms. The van der Waals surface area contributed by atoms with E-state index in [1.54, 1.807) is 0 Å². The zero-order valence-electron chi connectivity index (χ0n) is 9.59. The average molecular weight is 180 g/mol. The van der Waals surface area contributed by atoms with Gasteiger partial charge in [-0.15, -0.1) is 0 Å². The van der Waals surface area contributed by atoms with Crippen LogP contribution >= 0.6 is 0 Å². The maximum atomic E-state index is 2.48. The molecule has 0 aromatic heterocycles. The minimum absolute atomic E-state index is 0.939. The van der Waals surface area contributed by atoms with E-state index in [0.717, 1.165) is 35.5 Å². The van der Waals surface area contributed by atoms with Gasteiger partial charge in [0, 0.05) is 0 Å². The van der Waals surface area contributed by atoms with Crippen molar-refractivity contribution in [3.63, 3.8) is 0 Å². The highest BCUT2D eigenvalue weighted by Gasteiger charge is 2.44. The summed E-state index contributed by atoms with van der Waals surface area (Å²) in [6.45, 7) is 9.65. The first-order valence-corrected chi connectivity index (χ1v) is 6.09. The van der Waals surface area contributed by atoms with Gasteiger partial charge in [-0.2, -0.15) is 0 Å². The van der Waals surface area contributed by atoms with Gasteiger partial charge in [-0.25, -0.2) is 0 Å². The van der Waals surface area contributed by atoms with Gasteiger partial charge >= 0.3 is 0 Å². The van der Waals surface area contributed by atoms with Gasteiger partial charge in [0.25, 0.3) is 0 Å². The Bertz CT molecular complexity index is 182. The van der Waals surface area contributed by atoms with E-state index in [4.69, 9.17) is 0 Å². The summed E-state index contributed by atoms with van der Waals surface area (Å²) in [5, 5.41) is 0. The van der Waals surface area contributed by atoms with Crippen molar-refractivity contribution in [2.45, 2.75) is 47.0 Å². The number of hydrogen-bond donors (Lipinski definition) is 0. The first kappa shape index (κ1) is 9.55. The standard InChI is InChI=1S/C13H24/c1-8(2)12-7-11(12)5-9(3)13-6-10(13)4/h8-13H,5-7H2,1-4H3. The average Bonchev–Trinajstić information content (AvgIpc) is 2.86. The predicted molar refractivity (Wildman–Crippen MR) is 57.5 cm³/mol. The summed E-state index contributed by atoms with van der Waals surface area (Å²) in [7, 11) is 0. The number of rotatable bonds is 4. The second-order valence-corrected chi connectivity index (χ2v) is 5.99. The zero-order valence-corrected chi connectivity index (χ0v) is 9.59. The Morgan fingerprint density at radius 3 is 2.08 bits per heavy atom. The van der Waals surface area contributed by atoms with Gasteiger partial charge in [0.15, 0.2) is 0 Å². The van der Waals surface area contributed by atoms with Crippen molar-refractivity contribution < 1.29 is 0 Å². The first-order chi connectivity index (χ1) is 6.09. The first-order valence-electron chi connectivity index (χ1n) is 6.09. The molecule has 5 unspecified atom stereocenters. The van der Waals surface area contributed by atoms with E-state index in [1.165, 1.54) is 19.3 Å². The van der Waals surface area contributed by atoms with Crippen molar-refractivity contribution in [2.24, 2.45) is 35.5 Å². The van der Waals surface area contributed by atoms with Crippen molar-refractivity contribution in [3.05, 3.63) is 0 Å². The third-order valence-electron chi connectivity index (χ3n) is 4.41. The summed E-state index contributed by atoms with van der Waals surface area (Å²) >= 11 is 0. The summed E-state index contributed by atoms with van der Waals surface area (Å²) in [6, 6.07) is 0. The van der Waals surface area contributed by atoms with Crippen LogP contribution in [0, 0.1) is 35.5 Å². The number of hydrogen-bond acceptors (Lipinski definition) is 0. The molecule has 0 amide bonds. The molecule has 0 N–H and O–H groups in total. The van der Waals surface area contributed by atoms with Crippen LogP contribution in [0.3, 0.4) is 0 Å². The predicted octanol–water partition coefficient (Wildman–Crippen LogP) is 3.96. The van der Waals surface area contributed by atoms with Crippen LogP contribution in [0.4, 0.5) is 0 Å². The molecule has 0 radical (unpaired) electrons. The second-order valence-electron chi connectivity index (χ2n) is 5.99. The Morgan fingerprint density at radius 2 is 1.69 bits per heavy atom. The monoisotopic (exact) mass is 180 g/mol. The normalized spacial score (nSPS) is 45.0. The zero-order chi connectivity index (χ0) is 9.59. The lowest BCUT2D eigenvalue weighted by atomic mass is 9.95. The van der Waals surface area contributed by atoms with Crippen molar-refractivity contribution in [2.75, 3.05) is 0 Å². The van der Waals surface area contributed by atoms with Crippen LogP contribution in [0.25, 0.3) is 0 Å². The van der Waals surface area contributed by atoms with Crippen molar-refractivity contribution in [1.29, 1.82) is 0 Å². The van der Waals surface area contributed by atoms with E-state index in [1.807, 2.05) is 0 Å². The fourth-order valence-corrected chi connectivity index (χ4v) is 3.15. The third-order valence-corrected chi connectivity index (χ3v) is 4.41. The molecule has 2 rings (SSSR count). The van der Waals surface area contributed by atoms with Crippen LogP contribution in [-0.4, -0.2) is 0 Å². The maximum Gasteiger partial charge on any atom is -0.0360 e. The van der Waals surface area contributed by atoms with Gasteiger partial charge in [0.05, 0.1) is 0 Å². The molecule has 0 nitrogen and oxygen atoms in total. The summed E-state index contributed by atoms with van der Waals surface area (Å²) in [4.78, 5) is 0. The Hall–Kier alpha value is 0. The molecule has 0 heteroatoms. The second kappa shape index (κ2) is 3.29. The SMILES string of the molecule is CC(C)C1CC1CC(C)C1CC1C. The molecule has 2 saturated carbocycles. The minimum Gasteiger partial charge on any atom is -0.0625 e. The molecule has 76 valence electrons. The summed E-state index contributed by atoms with van der Waals surface area (Å²) in [5.41, 5.74) is 0. The van der Waals surface area contributed by atoms with Crippen LogP contribution in [-0.2, 0) is 0 Å². The van der Waals surface area contributed by atoms with Gasteiger partial charge < -0.3 is 0 Å². The van der Waals surface area contributed by atoms with Gasteiger partial charge in [-0.1, -0.05) is 27.7 Å². The third kappa shape index (κ3) is 2.08. The van der Waals surface area contributed by atoms with E-state index in [-0.39, 0.29) is 0 Å². The molecule has 0 aliphatic heterocycles. The van der Waals surface area contributed by atoms with E-state index in [0.29, 0.717) is 0 Å². The molecule has 0 saturated heterocycles. The Balaban J connectivity index is 1.69. The Kier molecular flexibility index (Phi) is 2.42. The molecule has 0 heterocycles. The van der Waals surface area contributed by atoms with Crippen molar-refractivity contribution in [3.8, 4) is 0 Å². The molecular weight excluding hydrogens is 156 g/mol. The van der Waals surface area contributed by atoms with Gasteiger partial charge in [0.2, 0.25) is 0 Å². The van der Waals surface area contributed by atoms with Crippen LogP contribution in [0.15, 0.2) is 0 Å². The molecular formula is C13H24. The van der Waals surface area contributed by atoms with Crippen LogP contribution in [0.2, 0.25) is 0 Å². The van der Waals surface area contributed by atoms with E-state index >= 15 is 0 Å². The van der Waals surface area contributed by atoms with Crippen molar-refractivity contribution in [1.82, 2.24) is 0 Å². The van der Waals surface area contributed by atoms with E-state index < -0.39 is 0 Å². The summed E-state index contributed by atoms with van der Waals surface area (Å²) in [6.07, 6.45) is 4.57. The highest BCUT2D eigenvalue weighted by atomic mass is 14.5. The van der Waals surface area contributed by atoms with Crippen LogP contribution in [0.1, 0.15) is 47.0 Å². The largest absolute Gasteiger partial charge is 0.0625 e. The highest BCUT2D eigenvalue weighted by molar-refractivity contribution is 4.93. The molecule has 0 aromatic carbocycles. The topological polar surface area (TPSA) is 0 Å². The lowest BCUT2D eigenvalue weighted by molar-refractivity contribution is 0.392. The lowest BCUT2D eigenvalue weighted by Gasteiger charge is -2.10. The maximum absolute atomic E-state index is 2.48. The fourth-order valence-electron chi connectivity index (χ4n) is 3.15. The molecule has 13 heavy (non-hydrogen) atoms.